The summed E-state index contributed by atoms with van der Waals surface area (Å²) in [6.07, 6.45) is 72.2. The number of carbonyl (C=O) groups is 2. The highest BCUT2D eigenvalue weighted by Crippen LogP contribution is 2.43. The zero-order chi connectivity index (χ0) is 56.4. The fraction of sp³-hybridized carbons (Fsp3) is 0.821. The average molecular weight is 1100 g/mol. The van der Waals surface area contributed by atoms with Crippen molar-refractivity contribution in [1.29, 1.82) is 0 Å². The zero-order valence-electron chi connectivity index (χ0n) is 51.5. The van der Waals surface area contributed by atoms with E-state index in [4.69, 9.17) is 13.8 Å². The number of amides is 1. The van der Waals surface area contributed by atoms with Crippen molar-refractivity contribution < 1.29 is 37.3 Å². The summed E-state index contributed by atoms with van der Waals surface area (Å²) in [5, 5.41) is 3.05. The Morgan fingerprint density at radius 2 is 0.792 bits per heavy atom. The van der Waals surface area contributed by atoms with Crippen LogP contribution >= 0.6 is 7.82 Å². The first-order valence-corrected chi connectivity index (χ1v) is 34.1. The molecule has 0 aliphatic rings. The number of nitrogens with zero attached hydrogens (tertiary/aromatic N) is 1. The molecule has 0 aromatic carbocycles. The first-order chi connectivity index (χ1) is 37.4. The highest BCUT2D eigenvalue weighted by molar-refractivity contribution is 7.47. The Morgan fingerprint density at radius 3 is 1.21 bits per heavy atom. The molecular weight excluding hydrogens is 976 g/mol. The molecule has 10 heteroatoms. The van der Waals surface area contributed by atoms with Crippen molar-refractivity contribution in [2.45, 2.75) is 315 Å². The van der Waals surface area contributed by atoms with Crippen LogP contribution in [0.2, 0.25) is 0 Å². The third-order valence-electron chi connectivity index (χ3n) is 14.5. The number of esters is 1. The normalized spacial score (nSPS) is 14.0. The molecule has 0 radical (unpaired) electrons. The molecule has 0 aromatic rings. The van der Waals surface area contributed by atoms with Gasteiger partial charge in [-0.1, -0.05) is 275 Å². The summed E-state index contributed by atoms with van der Waals surface area (Å²) in [5.74, 6) is -0.501. The Kier molecular flexibility index (Phi) is 55.3. The topological polar surface area (TPSA) is 111 Å². The predicted octanol–water partition coefficient (Wildman–Crippen LogP) is 20.2. The van der Waals surface area contributed by atoms with Crippen LogP contribution in [0, 0.1) is 0 Å². The lowest BCUT2D eigenvalue weighted by molar-refractivity contribution is -0.870. The maximum Gasteiger partial charge on any atom is 0.472 e. The van der Waals surface area contributed by atoms with Crippen LogP contribution in [0.4, 0.5) is 0 Å². The number of phosphoric acid groups is 1. The quantitative estimate of drug-likeness (QED) is 0.0205. The summed E-state index contributed by atoms with van der Waals surface area (Å²) in [5.41, 5.74) is 0. The van der Waals surface area contributed by atoms with E-state index in [0.717, 1.165) is 77.0 Å². The van der Waals surface area contributed by atoms with Crippen LogP contribution in [-0.4, -0.2) is 74.3 Å². The summed E-state index contributed by atoms with van der Waals surface area (Å²) in [4.78, 5) is 37.7. The van der Waals surface area contributed by atoms with Crippen molar-refractivity contribution in [2.75, 3.05) is 40.9 Å². The molecule has 0 aliphatic carbocycles. The predicted molar refractivity (Wildman–Crippen MR) is 332 cm³/mol. The molecule has 0 heterocycles. The largest absolute Gasteiger partial charge is 0.472 e. The van der Waals surface area contributed by atoms with Gasteiger partial charge in [0.15, 0.2) is 0 Å². The molecular formula is C67H126N2O7P+. The van der Waals surface area contributed by atoms with Crippen molar-refractivity contribution in [3.63, 3.8) is 0 Å². The number of quaternary nitrogens is 1. The number of carbonyl (C=O) groups excluding carboxylic acids is 2. The summed E-state index contributed by atoms with van der Waals surface area (Å²) in [6.45, 7) is 7.00. The summed E-state index contributed by atoms with van der Waals surface area (Å²) < 4.78 is 30.7. The lowest BCUT2D eigenvalue weighted by Crippen LogP contribution is -2.47. The molecule has 0 saturated carbocycles. The summed E-state index contributed by atoms with van der Waals surface area (Å²) in [6, 6.07) is -0.847. The molecule has 0 aliphatic heterocycles. The molecule has 3 atom stereocenters. The molecule has 0 fully saturated rings. The van der Waals surface area contributed by atoms with Crippen LogP contribution in [0.3, 0.4) is 0 Å². The van der Waals surface area contributed by atoms with Crippen molar-refractivity contribution >= 4 is 19.7 Å². The molecule has 0 rings (SSSR count). The van der Waals surface area contributed by atoms with Gasteiger partial charge in [-0.15, -0.1) is 0 Å². The molecule has 0 bridgehead atoms. The van der Waals surface area contributed by atoms with E-state index in [-0.39, 0.29) is 31.5 Å². The van der Waals surface area contributed by atoms with Gasteiger partial charge in [0.2, 0.25) is 5.91 Å². The first kappa shape index (κ1) is 74.7. The Balaban J connectivity index is 5.04. The lowest BCUT2D eigenvalue weighted by Gasteiger charge is -2.27. The van der Waals surface area contributed by atoms with Gasteiger partial charge in [0.1, 0.15) is 19.3 Å². The molecule has 9 nitrogen and oxygen atoms in total. The van der Waals surface area contributed by atoms with Crippen molar-refractivity contribution in [1.82, 2.24) is 5.32 Å². The van der Waals surface area contributed by atoms with Crippen LogP contribution in [-0.2, 0) is 27.9 Å². The van der Waals surface area contributed by atoms with Crippen molar-refractivity contribution in [2.24, 2.45) is 0 Å². The van der Waals surface area contributed by atoms with Gasteiger partial charge in [-0.2, -0.15) is 0 Å². The van der Waals surface area contributed by atoms with Crippen molar-refractivity contribution in [3.05, 3.63) is 60.8 Å². The second kappa shape index (κ2) is 57.0. The van der Waals surface area contributed by atoms with Gasteiger partial charge in [0.05, 0.1) is 33.8 Å². The van der Waals surface area contributed by atoms with Gasteiger partial charge in [-0.3, -0.25) is 18.6 Å². The number of hydrogen-bond donors (Lipinski definition) is 2. The summed E-state index contributed by atoms with van der Waals surface area (Å²) in [7, 11) is 1.50. The van der Waals surface area contributed by atoms with Gasteiger partial charge in [0.25, 0.3) is 0 Å². The van der Waals surface area contributed by atoms with E-state index in [1.807, 2.05) is 33.3 Å². The molecule has 0 aromatic heterocycles. The van der Waals surface area contributed by atoms with E-state index in [2.05, 4.69) is 74.7 Å². The number of likely N-dealkylation sites (N-methyl/N-ethyl adjacent to an activating group) is 1. The maximum absolute atomic E-state index is 13.5. The molecule has 3 unspecified atom stereocenters. The monoisotopic (exact) mass is 1100 g/mol. The Morgan fingerprint density at radius 1 is 0.455 bits per heavy atom. The number of hydrogen-bond acceptors (Lipinski definition) is 6. The molecule has 0 saturated heterocycles. The second-order valence-electron chi connectivity index (χ2n) is 23.3. The number of ether oxygens (including phenoxy) is 1. The Bertz CT molecular complexity index is 1500. The van der Waals surface area contributed by atoms with Crippen LogP contribution in [0.1, 0.15) is 303 Å². The van der Waals surface area contributed by atoms with E-state index in [0.29, 0.717) is 17.4 Å². The van der Waals surface area contributed by atoms with E-state index in [1.54, 1.807) is 0 Å². The number of nitrogens with one attached hydrogen (secondary N) is 1. The maximum atomic E-state index is 13.5. The zero-order valence-corrected chi connectivity index (χ0v) is 52.3. The molecule has 0 spiro atoms. The fourth-order valence-electron chi connectivity index (χ4n) is 9.40. The Hall–Kier alpha value is -2.29. The number of phosphoric ester groups is 1. The highest BCUT2D eigenvalue weighted by atomic mass is 31.2. The van der Waals surface area contributed by atoms with Gasteiger partial charge >= 0.3 is 13.8 Å². The third kappa shape index (κ3) is 58.2. The van der Waals surface area contributed by atoms with Gasteiger partial charge in [0, 0.05) is 12.8 Å². The molecule has 2 N–H and O–H groups in total. The van der Waals surface area contributed by atoms with Gasteiger partial charge in [-0.25, -0.2) is 4.57 Å². The smallest absolute Gasteiger partial charge is 0.456 e. The highest BCUT2D eigenvalue weighted by Gasteiger charge is 2.30. The number of unbranched alkanes of at least 4 members (excludes halogenated alkanes) is 35. The van der Waals surface area contributed by atoms with Crippen molar-refractivity contribution in [3.8, 4) is 0 Å². The SMILES string of the molecule is CCCCC/C=C\C/C=C\C/C=C\C/C=C\CCCCCCCCCCCCCC(=O)OC(/C=C\CCCCCCCCCCCCC)C(COP(=O)(O)OCC[N+](C)(C)C)NC(=O)CCCCCCCCCCCCC. The van der Waals surface area contributed by atoms with Crippen LogP contribution in [0.15, 0.2) is 60.8 Å². The molecule has 450 valence electrons. The Labute approximate surface area is 477 Å². The fourth-order valence-corrected chi connectivity index (χ4v) is 10.1. The van der Waals surface area contributed by atoms with E-state index in [1.165, 1.54) is 193 Å². The summed E-state index contributed by atoms with van der Waals surface area (Å²) >= 11 is 0. The molecule has 77 heavy (non-hydrogen) atoms. The average Bonchev–Trinajstić information content (AvgIpc) is 3.39. The van der Waals surface area contributed by atoms with Crippen LogP contribution in [0.5, 0.6) is 0 Å². The third-order valence-corrected chi connectivity index (χ3v) is 15.4. The first-order valence-electron chi connectivity index (χ1n) is 32.6. The van der Waals surface area contributed by atoms with E-state index < -0.39 is 20.0 Å². The minimum Gasteiger partial charge on any atom is -0.456 e. The van der Waals surface area contributed by atoms with E-state index >= 15 is 0 Å². The van der Waals surface area contributed by atoms with Crippen LogP contribution < -0.4 is 5.32 Å². The number of allylic oxidation sites excluding steroid dienone is 9. The number of rotatable bonds is 59. The molecule has 1 amide bonds. The second-order valence-corrected chi connectivity index (χ2v) is 24.7. The minimum absolute atomic E-state index is 0.0404. The van der Waals surface area contributed by atoms with E-state index in [9.17, 15) is 19.0 Å². The van der Waals surface area contributed by atoms with Gasteiger partial charge < -0.3 is 19.4 Å². The van der Waals surface area contributed by atoms with Gasteiger partial charge in [-0.05, 0) is 76.7 Å². The lowest BCUT2D eigenvalue weighted by atomic mass is 10.0. The van der Waals surface area contributed by atoms with Crippen LogP contribution in [0.25, 0.3) is 0 Å². The minimum atomic E-state index is -4.45. The standard InChI is InChI=1S/C67H125N2O7P/c1-7-10-13-16-19-22-25-27-28-29-30-31-32-33-34-35-36-37-38-39-40-42-45-48-51-54-57-60-67(71)76-65(58-55-52-49-46-44-41-26-23-20-17-14-11-8-2)64(63-75-77(72,73)74-62-61-69(4,5)6)68-66(70)59-56-53-50-47-43-24-21-18-15-12-9-3/h19,22,27-28,30-31,33-34,55,58,64-65H,7-18,20-21,23-26,29,32,35-54,56-57,59-63H2,1-6H3,(H-,68,70,72,73)/p+1/b22-19-,28-27-,31-30-,34-33-,58-55-.